The number of hydrogen-bond donors (Lipinski definition) is 0. The van der Waals surface area contributed by atoms with E-state index in [0.29, 0.717) is 19.3 Å². The Kier molecular flexibility index (Phi) is 46.5. The van der Waals surface area contributed by atoms with Gasteiger partial charge in [0.25, 0.3) is 0 Å². The summed E-state index contributed by atoms with van der Waals surface area (Å²) in [5.74, 6) is -0.928. The van der Waals surface area contributed by atoms with E-state index < -0.39 is 6.10 Å². The second-order valence-electron chi connectivity index (χ2n) is 16.5. The van der Waals surface area contributed by atoms with Crippen molar-refractivity contribution >= 4 is 17.9 Å². The summed E-state index contributed by atoms with van der Waals surface area (Å²) >= 11 is 0. The molecular weight excluding hydrogens is 757 g/mol. The van der Waals surface area contributed by atoms with Crippen molar-refractivity contribution in [1.29, 1.82) is 0 Å². The summed E-state index contributed by atoms with van der Waals surface area (Å²) in [5, 5.41) is 0. The van der Waals surface area contributed by atoms with Crippen molar-refractivity contribution in [2.75, 3.05) is 13.2 Å². The van der Waals surface area contributed by atoms with Crippen molar-refractivity contribution in [3.8, 4) is 0 Å². The maximum Gasteiger partial charge on any atom is 0.306 e. The summed E-state index contributed by atoms with van der Waals surface area (Å²) in [6, 6.07) is 0. The van der Waals surface area contributed by atoms with Crippen LogP contribution in [0.1, 0.15) is 226 Å². The van der Waals surface area contributed by atoms with Gasteiger partial charge < -0.3 is 14.2 Å². The first-order chi connectivity index (χ1) is 30.0. The summed E-state index contributed by atoms with van der Waals surface area (Å²) in [6.45, 7) is 6.42. The van der Waals surface area contributed by atoms with E-state index in [0.717, 1.165) is 96.3 Å². The zero-order valence-corrected chi connectivity index (χ0v) is 39.7. The number of ether oxygens (including phenoxy) is 3. The summed E-state index contributed by atoms with van der Waals surface area (Å²) in [7, 11) is 0. The molecular formula is C55H92O6. The zero-order valence-electron chi connectivity index (χ0n) is 39.7. The Hall–Kier alpha value is -3.41. The molecule has 0 radical (unpaired) electrons. The fourth-order valence-electron chi connectivity index (χ4n) is 6.75. The van der Waals surface area contributed by atoms with E-state index in [4.69, 9.17) is 14.2 Å². The first kappa shape index (κ1) is 57.6. The molecule has 1 atom stereocenters. The molecule has 0 saturated heterocycles. The standard InChI is InChI=1S/C55H92O6/c1-4-7-10-13-16-19-22-24-26-27-28-30-31-33-36-39-42-45-48-54(57)60-51-52(50-59-53(56)47-44-41-38-35-21-18-15-12-9-6-3)61-55(58)49-46-43-40-37-34-32-29-25-23-20-17-14-11-8-5-2/h8,11,14,16-17,19-20,22-24,26-28,30,52H,4-7,9-10,12-13,15,18,21,25,29,31-51H2,1-3H3/b11-8-,17-14-,19-16-,23-20-,24-22-,27-26-,30-28-. The van der Waals surface area contributed by atoms with Gasteiger partial charge in [0.1, 0.15) is 13.2 Å². The van der Waals surface area contributed by atoms with Gasteiger partial charge >= 0.3 is 17.9 Å². The molecule has 0 rings (SSSR count). The van der Waals surface area contributed by atoms with Gasteiger partial charge in [-0.05, 0) is 64.2 Å². The molecule has 0 heterocycles. The summed E-state index contributed by atoms with van der Waals surface area (Å²) < 4.78 is 16.7. The highest BCUT2D eigenvalue weighted by atomic mass is 16.6. The molecule has 0 bridgehead atoms. The van der Waals surface area contributed by atoms with Gasteiger partial charge in [-0.1, -0.05) is 228 Å². The van der Waals surface area contributed by atoms with Crippen molar-refractivity contribution in [3.05, 3.63) is 85.1 Å². The van der Waals surface area contributed by atoms with Crippen LogP contribution >= 0.6 is 0 Å². The normalized spacial score (nSPS) is 12.8. The Labute approximate surface area is 375 Å². The molecule has 0 aromatic rings. The molecule has 6 nitrogen and oxygen atoms in total. The SMILES string of the molecule is CC\C=C/C=C\C=C/CCCCCCCCCC(=O)OC(COC(=O)CCCCCCC\C=C/C=C\C=C/C=C\CCCCC)COC(=O)CCCCCCCCCCCC. The first-order valence-electron chi connectivity index (χ1n) is 25.2. The fourth-order valence-corrected chi connectivity index (χ4v) is 6.75. The molecule has 0 aromatic carbocycles. The van der Waals surface area contributed by atoms with Gasteiger partial charge in [0, 0.05) is 19.3 Å². The number of rotatable bonds is 44. The van der Waals surface area contributed by atoms with Crippen LogP contribution in [0.4, 0.5) is 0 Å². The summed E-state index contributed by atoms with van der Waals surface area (Å²) in [4.78, 5) is 37.9. The lowest BCUT2D eigenvalue weighted by atomic mass is 10.1. The molecule has 6 heteroatoms. The van der Waals surface area contributed by atoms with Gasteiger partial charge in [0.05, 0.1) is 0 Å². The number of carbonyl (C=O) groups is 3. The molecule has 0 aliphatic heterocycles. The largest absolute Gasteiger partial charge is 0.462 e. The highest BCUT2D eigenvalue weighted by Crippen LogP contribution is 2.14. The van der Waals surface area contributed by atoms with E-state index in [9.17, 15) is 14.4 Å². The summed E-state index contributed by atoms with van der Waals surface area (Å²) in [6.07, 6.45) is 62.7. The Balaban J connectivity index is 4.43. The molecule has 0 aliphatic carbocycles. The molecule has 0 aliphatic rings. The van der Waals surface area contributed by atoms with Gasteiger partial charge in [-0.3, -0.25) is 14.4 Å². The quantitative estimate of drug-likeness (QED) is 0.0263. The van der Waals surface area contributed by atoms with E-state index in [1.165, 1.54) is 89.9 Å². The maximum atomic E-state index is 12.8. The van der Waals surface area contributed by atoms with E-state index in [1.54, 1.807) is 0 Å². The van der Waals surface area contributed by atoms with Crippen LogP contribution in [0, 0.1) is 0 Å². The van der Waals surface area contributed by atoms with Crippen LogP contribution in [0.25, 0.3) is 0 Å². The van der Waals surface area contributed by atoms with Crippen molar-refractivity contribution in [2.24, 2.45) is 0 Å². The minimum Gasteiger partial charge on any atom is -0.462 e. The lowest BCUT2D eigenvalue weighted by Crippen LogP contribution is -2.30. The Morgan fingerprint density at radius 2 is 0.639 bits per heavy atom. The minimum absolute atomic E-state index is 0.0888. The predicted octanol–water partition coefficient (Wildman–Crippen LogP) is 16.4. The molecule has 0 spiro atoms. The van der Waals surface area contributed by atoms with Crippen molar-refractivity contribution in [1.82, 2.24) is 0 Å². The van der Waals surface area contributed by atoms with E-state index in [2.05, 4.69) is 106 Å². The van der Waals surface area contributed by atoms with E-state index in [-0.39, 0.29) is 31.1 Å². The van der Waals surface area contributed by atoms with Crippen molar-refractivity contribution in [3.63, 3.8) is 0 Å². The number of hydrogen-bond acceptors (Lipinski definition) is 6. The Bertz CT molecular complexity index is 1200. The Morgan fingerprint density at radius 3 is 1.03 bits per heavy atom. The zero-order chi connectivity index (χ0) is 44.4. The lowest BCUT2D eigenvalue weighted by Gasteiger charge is -2.18. The third-order valence-electron chi connectivity index (χ3n) is 10.5. The van der Waals surface area contributed by atoms with Crippen LogP contribution in [-0.4, -0.2) is 37.2 Å². The third-order valence-corrected chi connectivity index (χ3v) is 10.5. The predicted molar refractivity (Wildman–Crippen MR) is 261 cm³/mol. The van der Waals surface area contributed by atoms with Gasteiger partial charge in [-0.2, -0.15) is 0 Å². The third kappa shape index (κ3) is 47.5. The van der Waals surface area contributed by atoms with Crippen LogP contribution in [0.15, 0.2) is 85.1 Å². The molecule has 1 unspecified atom stereocenters. The molecule has 348 valence electrons. The molecule has 61 heavy (non-hydrogen) atoms. The number of unbranched alkanes of at least 4 members (excludes halogenated alkanes) is 24. The highest BCUT2D eigenvalue weighted by molar-refractivity contribution is 5.71. The van der Waals surface area contributed by atoms with Gasteiger partial charge in [-0.25, -0.2) is 0 Å². The van der Waals surface area contributed by atoms with Crippen molar-refractivity contribution < 1.29 is 28.6 Å². The van der Waals surface area contributed by atoms with Crippen LogP contribution in [0.3, 0.4) is 0 Å². The topological polar surface area (TPSA) is 78.9 Å². The van der Waals surface area contributed by atoms with E-state index in [1.807, 2.05) is 0 Å². The Morgan fingerprint density at radius 1 is 0.344 bits per heavy atom. The molecule has 0 fully saturated rings. The smallest absolute Gasteiger partial charge is 0.306 e. The molecule has 0 aromatic heterocycles. The number of carbonyl (C=O) groups excluding carboxylic acids is 3. The van der Waals surface area contributed by atoms with Crippen LogP contribution in [0.2, 0.25) is 0 Å². The van der Waals surface area contributed by atoms with Crippen LogP contribution < -0.4 is 0 Å². The maximum absolute atomic E-state index is 12.8. The average molecular weight is 849 g/mol. The average Bonchev–Trinajstić information content (AvgIpc) is 3.26. The number of esters is 3. The van der Waals surface area contributed by atoms with Crippen LogP contribution in [0.5, 0.6) is 0 Å². The number of allylic oxidation sites excluding steroid dienone is 14. The molecule has 0 saturated carbocycles. The molecule has 0 N–H and O–H groups in total. The lowest BCUT2D eigenvalue weighted by molar-refractivity contribution is -0.167. The summed E-state index contributed by atoms with van der Waals surface area (Å²) in [5.41, 5.74) is 0. The minimum atomic E-state index is -0.790. The second-order valence-corrected chi connectivity index (χ2v) is 16.5. The first-order valence-corrected chi connectivity index (χ1v) is 25.2. The molecule has 0 amide bonds. The van der Waals surface area contributed by atoms with Crippen LogP contribution in [-0.2, 0) is 28.6 Å². The van der Waals surface area contributed by atoms with E-state index >= 15 is 0 Å². The van der Waals surface area contributed by atoms with Crippen molar-refractivity contribution in [2.45, 2.75) is 232 Å². The van der Waals surface area contributed by atoms with Gasteiger partial charge in [0.15, 0.2) is 6.10 Å². The van der Waals surface area contributed by atoms with Gasteiger partial charge in [-0.15, -0.1) is 0 Å². The monoisotopic (exact) mass is 849 g/mol. The second kappa shape index (κ2) is 49.2. The highest BCUT2D eigenvalue weighted by Gasteiger charge is 2.19. The fraction of sp³-hybridized carbons (Fsp3) is 0.691. The van der Waals surface area contributed by atoms with Gasteiger partial charge in [0.2, 0.25) is 0 Å².